The Labute approximate surface area is 240 Å². The number of carbonyl (C=O) groups is 1. The molecule has 3 aromatic rings. The number of hydrogen-bond donors (Lipinski definition) is 1. The SMILES string of the molecule is CC(C)(C)[Si](C)(C)OCCn1ccc(NC(=O)C(CC2CCCC2)n2ncc(Oc3c(F)cccc3F)cc2=O)n1. The summed E-state index contributed by atoms with van der Waals surface area (Å²) in [4.78, 5) is 26.5. The minimum atomic E-state index is -1.88. The van der Waals surface area contributed by atoms with Crippen LogP contribution in [0.4, 0.5) is 14.6 Å². The molecule has 2 heterocycles. The van der Waals surface area contributed by atoms with Gasteiger partial charge in [-0.15, -0.1) is 0 Å². The molecule has 41 heavy (non-hydrogen) atoms. The average Bonchev–Trinajstić information content (AvgIpc) is 3.57. The Bertz CT molecular complexity index is 1390. The molecule has 0 radical (unpaired) electrons. The molecule has 1 amide bonds. The highest BCUT2D eigenvalue weighted by Gasteiger charge is 2.37. The summed E-state index contributed by atoms with van der Waals surface area (Å²) in [5.74, 6) is -2.35. The van der Waals surface area contributed by atoms with E-state index in [1.165, 1.54) is 12.3 Å². The van der Waals surface area contributed by atoms with E-state index in [4.69, 9.17) is 9.16 Å². The van der Waals surface area contributed by atoms with Crippen LogP contribution in [0.1, 0.15) is 58.9 Å². The quantitative estimate of drug-likeness (QED) is 0.265. The van der Waals surface area contributed by atoms with Crippen LogP contribution in [0.25, 0.3) is 0 Å². The first-order chi connectivity index (χ1) is 19.3. The van der Waals surface area contributed by atoms with E-state index >= 15 is 0 Å². The van der Waals surface area contributed by atoms with Crippen molar-refractivity contribution in [1.29, 1.82) is 0 Å². The van der Waals surface area contributed by atoms with Gasteiger partial charge in [0.25, 0.3) is 11.5 Å². The number of nitrogens with zero attached hydrogens (tertiary/aromatic N) is 4. The van der Waals surface area contributed by atoms with E-state index in [1.807, 2.05) is 0 Å². The van der Waals surface area contributed by atoms with E-state index in [9.17, 15) is 18.4 Å². The predicted molar refractivity (Wildman–Crippen MR) is 155 cm³/mol. The molecule has 1 unspecified atom stereocenters. The maximum Gasteiger partial charge on any atom is 0.271 e. The minimum Gasteiger partial charge on any atom is -0.449 e. The Hall–Kier alpha value is -3.38. The van der Waals surface area contributed by atoms with Crippen LogP contribution in [0, 0.1) is 17.6 Å². The first-order valence-corrected chi connectivity index (χ1v) is 16.9. The number of aromatic nitrogens is 4. The Balaban J connectivity index is 1.47. The Kier molecular flexibility index (Phi) is 9.43. The molecule has 2 aromatic heterocycles. The van der Waals surface area contributed by atoms with Crippen LogP contribution in [0.5, 0.6) is 11.5 Å². The van der Waals surface area contributed by atoms with E-state index in [0.29, 0.717) is 25.4 Å². The number of amides is 1. The summed E-state index contributed by atoms with van der Waals surface area (Å²) in [6.07, 6.45) is 7.47. The summed E-state index contributed by atoms with van der Waals surface area (Å²) in [6, 6.07) is 5.21. The molecule has 0 aliphatic heterocycles. The fourth-order valence-corrected chi connectivity index (χ4v) is 5.68. The summed E-state index contributed by atoms with van der Waals surface area (Å²) in [7, 11) is -1.88. The van der Waals surface area contributed by atoms with Gasteiger partial charge in [0.15, 0.2) is 37.3 Å². The van der Waals surface area contributed by atoms with Crippen molar-refractivity contribution in [2.24, 2.45) is 5.92 Å². The van der Waals surface area contributed by atoms with Crippen LogP contribution < -0.4 is 15.6 Å². The van der Waals surface area contributed by atoms with Gasteiger partial charge in [-0.3, -0.25) is 14.3 Å². The number of rotatable bonds is 11. The second kappa shape index (κ2) is 12.6. The molecule has 0 bridgehead atoms. The molecular formula is C29H39F2N5O4Si. The largest absolute Gasteiger partial charge is 0.449 e. The molecule has 0 saturated heterocycles. The molecule has 4 rings (SSSR count). The average molecular weight is 588 g/mol. The maximum absolute atomic E-state index is 14.0. The van der Waals surface area contributed by atoms with E-state index < -0.39 is 43.2 Å². The van der Waals surface area contributed by atoms with Gasteiger partial charge in [0.05, 0.1) is 19.3 Å². The molecule has 9 nitrogen and oxygen atoms in total. The van der Waals surface area contributed by atoms with Crippen LogP contribution >= 0.6 is 0 Å². The molecule has 1 N–H and O–H groups in total. The number of benzene rings is 1. The number of nitrogens with one attached hydrogen (secondary N) is 1. The molecule has 1 aliphatic rings. The molecule has 222 valence electrons. The lowest BCUT2D eigenvalue weighted by Crippen LogP contribution is -2.41. The standard InChI is InChI=1S/C29H39F2N5O4Si/c1-29(2,3)41(4,5)39-16-15-35-14-13-25(34-35)33-28(38)24(17-20-9-6-7-10-20)36-26(37)18-21(19-32-36)40-27-22(30)11-8-12-23(27)31/h8,11-14,18-20,24H,6-7,9-10,15-17H2,1-5H3,(H,33,34,38). The van der Waals surface area contributed by atoms with Crippen molar-refractivity contribution in [3.63, 3.8) is 0 Å². The third-order valence-corrected chi connectivity index (χ3v) is 12.6. The van der Waals surface area contributed by atoms with Crippen LogP contribution in [-0.2, 0) is 15.8 Å². The third kappa shape index (κ3) is 7.67. The third-order valence-electron chi connectivity index (χ3n) is 8.05. The zero-order valence-corrected chi connectivity index (χ0v) is 25.3. The van der Waals surface area contributed by atoms with Crippen LogP contribution in [-0.4, -0.2) is 40.4 Å². The van der Waals surface area contributed by atoms with Crippen LogP contribution in [0.3, 0.4) is 0 Å². The molecule has 1 fully saturated rings. The van der Waals surface area contributed by atoms with Gasteiger partial charge in [-0.05, 0) is 42.6 Å². The lowest BCUT2D eigenvalue weighted by molar-refractivity contribution is -0.120. The molecule has 1 saturated carbocycles. The molecule has 0 spiro atoms. The lowest BCUT2D eigenvalue weighted by Gasteiger charge is -2.36. The predicted octanol–water partition coefficient (Wildman–Crippen LogP) is 6.29. The van der Waals surface area contributed by atoms with Crippen molar-refractivity contribution in [1.82, 2.24) is 19.6 Å². The highest BCUT2D eigenvalue weighted by atomic mass is 28.4. The fourth-order valence-electron chi connectivity index (χ4n) is 4.64. The van der Waals surface area contributed by atoms with E-state index in [2.05, 4.69) is 49.4 Å². The Morgan fingerprint density at radius 1 is 1.17 bits per heavy atom. The number of carbonyl (C=O) groups excluding carboxylic acids is 1. The summed E-state index contributed by atoms with van der Waals surface area (Å²) in [5.41, 5.74) is -0.620. The molecule has 1 atom stereocenters. The zero-order valence-electron chi connectivity index (χ0n) is 24.3. The summed E-state index contributed by atoms with van der Waals surface area (Å²) in [5, 5.41) is 11.6. The summed E-state index contributed by atoms with van der Waals surface area (Å²) < 4.78 is 42.4. The van der Waals surface area contributed by atoms with Gasteiger partial charge < -0.3 is 14.5 Å². The normalized spacial score (nSPS) is 15.2. The van der Waals surface area contributed by atoms with Gasteiger partial charge in [-0.1, -0.05) is 52.5 Å². The molecular weight excluding hydrogens is 548 g/mol. The van der Waals surface area contributed by atoms with Crippen molar-refractivity contribution in [2.75, 3.05) is 11.9 Å². The smallest absolute Gasteiger partial charge is 0.271 e. The van der Waals surface area contributed by atoms with Crippen LogP contribution in [0.15, 0.2) is 47.5 Å². The van der Waals surface area contributed by atoms with Crippen molar-refractivity contribution in [3.8, 4) is 11.5 Å². The van der Waals surface area contributed by atoms with Crippen molar-refractivity contribution in [2.45, 2.75) is 83.6 Å². The maximum atomic E-state index is 14.0. The van der Waals surface area contributed by atoms with E-state index in [1.54, 1.807) is 16.9 Å². The summed E-state index contributed by atoms with van der Waals surface area (Å²) in [6.45, 7) is 12.0. The zero-order chi connectivity index (χ0) is 29.8. The number of hydrogen-bond acceptors (Lipinski definition) is 6. The van der Waals surface area contributed by atoms with Crippen LogP contribution in [0.2, 0.25) is 18.1 Å². The van der Waals surface area contributed by atoms with Crippen molar-refractivity contribution < 1.29 is 22.7 Å². The first kappa shape index (κ1) is 30.6. The molecule has 1 aliphatic carbocycles. The van der Waals surface area contributed by atoms with Gasteiger partial charge in [0.2, 0.25) is 0 Å². The number of ether oxygens (including phenoxy) is 1. The monoisotopic (exact) mass is 587 g/mol. The first-order valence-electron chi connectivity index (χ1n) is 14.0. The van der Waals surface area contributed by atoms with Crippen molar-refractivity contribution >= 4 is 20.0 Å². The number of anilines is 1. The number of halogens is 2. The topological polar surface area (TPSA) is 100 Å². The number of para-hydroxylation sites is 1. The van der Waals surface area contributed by atoms with Gasteiger partial charge in [0, 0.05) is 18.3 Å². The van der Waals surface area contributed by atoms with Gasteiger partial charge >= 0.3 is 0 Å². The second-order valence-corrected chi connectivity index (χ2v) is 16.9. The van der Waals surface area contributed by atoms with Gasteiger partial charge in [-0.25, -0.2) is 13.5 Å². The molecule has 12 heteroatoms. The Morgan fingerprint density at radius 3 is 2.49 bits per heavy atom. The second-order valence-electron chi connectivity index (χ2n) is 12.1. The molecule has 1 aromatic carbocycles. The Morgan fingerprint density at radius 2 is 1.85 bits per heavy atom. The highest BCUT2D eigenvalue weighted by molar-refractivity contribution is 6.74. The lowest BCUT2D eigenvalue weighted by atomic mass is 9.98. The van der Waals surface area contributed by atoms with Crippen molar-refractivity contribution in [3.05, 3.63) is 64.7 Å². The highest BCUT2D eigenvalue weighted by Crippen LogP contribution is 2.36. The summed E-state index contributed by atoms with van der Waals surface area (Å²) >= 11 is 0. The minimum absolute atomic E-state index is 0.106. The fraction of sp³-hybridized carbons (Fsp3) is 0.517. The van der Waals surface area contributed by atoms with E-state index in [-0.39, 0.29) is 16.7 Å². The van der Waals surface area contributed by atoms with E-state index in [0.717, 1.165) is 48.6 Å². The van der Waals surface area contributed by atoms with Gasteiger partial charge in [-0.2, -0.15) is 10.2 Å². The van der Waals surface area contributed by atoms with Gasteiger partial charge in [0.1, 0.15) is 6.04 Å².